The lowest BCUT2D eigenvalue weighted by atomic mass is 9.98. The minimum Gasteiger partial charge on any atom is -0.356 e. The van der Waals surface area contributed by atoms with Crippen molar-refractivity contribution in [3.05, 3.63) is 121 Å². The maximum atomic E-state index is 14.9. The number of likely N-dealkylation sites (N-methyl/N-ethyl adjacent to an activating group) is 1. The van der Waals surface area contributed by atoms with Gasteiger partial charge in [-0.15, -0.1) is 0 Å². The molecule has 0 aliphatic carbocycles. The van der Waals surface area contributed by atoms with Gasteiger partial charge < -0.3 is 29.6 Å². The van der Waals surface area contributed by atoms with Gasteiger partial charge in [-0.3, -0.25) is 19.8 Å². The fraction of sp³-hybridized carbons (Fsp3) is 0.318. The van der Waals surface area contributed by atoms with Crippen molar-refractivity contribution in [3.63, 3.8) is 0 Å². The van der Waals surface area contributed by atoms with Gasteiger partial charge in [0.25, 0.3) is 0 Å². The first-order valence-electron chi connectivity index (χ1n) is 19.3. The summed E-state index contributed by atoms with van der Waals surface area (Å²) in [5, 5.41) is 14.5. The molecule has 4 aromatic carbocycles. The Labute approximate surface area is 330 Å². The molecule has 2 aliphatic heterocycles. The van der Waals surface area contributed by atoms with Crippen molar-refractivity contribution >= 4 is 22.6 Å². The van der Waals surface area contributed by atoms with Crippen LogP contribution in [0.2, 0.25) is 0 Å². The number of halogens is 1. The number of alkyl halides is 1. The highest BCUT2D eigenvalue weighted by atomic mass is 19.1. The smallest absolute Gasteiger partial charge is 0.245 e. The second kappa shape index (κ2) is 16.4. The summed E-state index contributed by atoms with van der Waals surface area (Å²) >= 11 is 0. The molecule has 2 saturated heterocycles. The molecular weight excluding hydrogens is 724 g/mol. The van der Waals surface area contributed by atoms with Crippen molar-refractivity contribution in [3.8, 4) is 33.6 Å². The average Bonchev–Trinajstić information content (AvgIpc) is 4.07. The number of hydrogen-bond donors (Lipinski definition) is 4. The van der Waals surface area contributed by atoms with Crippen molar-refractivity contribution in [2.24, 2.45) is 0 Å². The number of amides is 2. The lowest BCUT2D eigenvalue weighted by Crippen LogP contribution is -2.42. The van der Waals surface area contributed by atoms with Gasteiger partial charge in [-0.25, -0.2) is 14.4 Å². The zero-order chi connectivity index (χ0) is 39.6. The Hall–Kier alpha value is -5.73. The van der Waals surface area contributed by atoms with Crippen molar-refractivity contribution < 1.29 is 23.8 Å². The number of carbonyl (C=O) groups excluding carboxylic acids is 2. The maximum absolute atomic E-state index is 14.9. The number of fused-ring (bicyclic) bond motifs is 1. The first kappa shape index (κ1) is 38.2. The Morgan fingerprint density at radius 2 is 1.47 bits per heavy atom. The molecule has 0 radical (unpaired) electrons. The van der Waals surface area contributed by atoms with E-state index >= 15 is 0 Å². The van der Waals surface area contributed by atoms with Crippen LogP contribution in [0.15, 0.2) is 103 Å². The third-order valence-corrected chi connectivity index (χ3v) is 11.1. The third-order valence-electron chi connectivity index (χ3n) is 11.1. The summed E-state index contributed by atoms with van der Waals surface area (Å²) in [6.45, 7) is 0.641. The number of carbonyl (C=O) groups is 2. The molecule has 2 aromatic heterocycles. The predicted molar refractivity (Wildman–Crippen MR) is 216 cm³/mol. The summed E-state index contributed by atoms with van der Waals surface area (Å²) in [6.07, 6.45) is 3.14. The van der Waals surface area contributed by atoms with Crippen LogP contribution in [0, 0.1) is 0 Å². The molecule has 13 heteroatoms. The van der Waals surface area contributed by atoms with Crippen molar-refractivity contribution in [1.82, 2.24) is 40.0 Å². The lowest BCUT2D eigenvalue weighted by molar-refractivity contribution is -0.138. The number of rotatable bonds is 12. The fourth-order valence-electron chi connectivity index (χ4n) is 8.19. The highest BCUT2D eigenvalue weighted by Gasteiger charge is 2.41. The van der Waals surface area contributed by atoms with E-state index in [1.807, 2.05) is 67.7 Å². The molecule has 1 unspecified atom stereocenters. The molecule has 4 N–H and O–H groups in total. The second-order valence-electron chi connectivity index (χ2n) is 15.0. The number of nitrogens with zero attached hydrogens (tertiary/aromatic N) is 5. The monoisotopic (exact) mass is 770 g/mol. The van der Waals surface area contributed by atoms with Crippen LogP contribution in [-0.4, -0.2) is 105 Å². The number of imidazole rings is 2. The van der Waals surface area contributed by atoms with Crippen LogP contribution in [-0.2, 0) is 14.3 Å². The van der Waals surface area contributed by atoms with Crippen LogP contribution in [0.25, 0.3) is 44.4 Å². The van der Waals surface area contributed by atoms with E-state index in [-0.39, 0.29) is 37.4 Å². The summed E-state index contributed by atoms with van der Waals surface area (Å²) in [5.74, 6) is 1.07. The number of aromatic nitrogens is 4. The van der Waals surface area contributed by atoms with E-state index in [1.165, 1.54) is 7.11 Å². The van der Waals surface area contributed by atoms with Gasteiger partial charge in [0.1, 0.15) is 23.9 Å². The molecule has 5 atom stereocenters. The highest BCUT2D eigenvalue weighted by Crippen LogP contribution is 2.37. The number of H-pyrrole nitrogens is 2. The van der Waals surface area contributed by atoms with Crippen molar-refractivity contribution in [2.75, 3.05) is 40.8 Å². The van der Waals surface area contributed by atoms with Gasteiger partial charge in [-0.05, 0) is 72.1 Å². The first-order valence-corrected chi connectivity index (χ1v) is 19.3. The molecule has 6 aromatic rings. The first-order chi connectivity index (χ1) is 27.7. The van der Waals surface area contributed by atoms with Gasteiger partial charge in [0.2, 0.25) is 18.2 Å². The molecule has 4 heterocycles. The average molecular weight is 771 g/mol. The minimum absolute atomic E-state index is 0.0263. The van der Waals surface area contributed by atoms with Gasteiger partial charge >= 0.3 is 0 Å². The quantitative estimate of drug-likeness (QED) is 0.105. The molecule has 0 spiro atoms. The van der Waals surface area contributed by atoms with E-state index in [1.54, 1.807) is 16.0 Å². The molecule has 0 bridgehead atoms. The number of benzene rings is 4. The number of aromatic amines is 2. The molecule has 12 nitrogen and oxygen atoms in total. The van der Waals surface area contributed by atoms with Crippen LogP contribution in [0.4, 0.5) is 4.39 Å². The van der Waals surface area contributed by atoms with Crippen molar-refractivity contribution in [2.45, 2.75) is 50.0 Å². The second-order valence-corrected chi connectivity index (χ2v) is 15.0. The summed E-state index contributed by atoms with van der Waals surface area (Å²) < 4.78 is 19.7. The Morgan fingerprint density at radius 3 is 2.16 bits per heavy atom. The van der Waals surface area contributed by atoms with E-state index in [0.29, 0.717) is 12.4 Å². The number of nitrogens with one attached hydrogen (secondary N) is 3. The molecule has 294 valence electrons. The van der Waals surface area contributed by atoms with Gasteiger partial charge in [0.05, 0.1) is 49.0 Å². The molecule has 57 heavy (non-hydrogen) atoms. The number of aliphatic hydroxyl groups is 1. The Morgan fingerprint density at radius 1 is 0.860 bits per heavy atom. The number of aliphatic hydroxyl groups excluding tert-OH is 1. The van der Waals surface area contributed by atoms with E-state index in [0.717, 1.165) is 68.6 Å². The summed E-state index contributed by atoms with van der Waals surface area (Å²) in [7, 11) is 5.10. The van der Waals surface area contributed by atoms with E-state index < -0.39 is 24.7 Å². The van der Waals surface area contributed by atoms with E-state index in [4.69, 9.17) is 4.74 Å². The van der Waals surface area contributed by atoms with E-state index in [9.17, 15) is 19.1 Å². The zero-order valence-corrected chi connectivity index (χ0v) is 32.2. The van der Waals surface area contributed by atoms with Gasteiger partial charge in [0, 0.05) is 25.6 Å². The molecule has 8 rings (SSSR count). The van der Waals surface area contributed by atoms with Crippen LogP contribution >= 0.6 is 0 Å². The Balaban J connectivity index is 0.946. The number of methoxy groups -OCH3 is 1. The minimum atomic E-state index is -1.19. The number of likely N-dealkylation sites (tertiary alicyclic amines) is 2. The summed E-state index contributed by atoms with van der Waals surface area (Å²) in [6, 6.07) is 29.4. The van der Waals surface area contributed by atoms with Gasteiger partial charge in [-0.1, -0.05) is 78.9 Å². The van der Waals surface area contributed by atoms with E-state index in [2.05, 4.69) is 73.8 Å². The van der Waals surface area contributed by atoms with Crippen LogP contribution < -0.4 is 5.32 Å². The van der Waals surface area contributed by atoms with Gasteiger partial charge in [-0.2, -0.15) is 0 Å². The predicted octanol–water partition coefficient (Wildman–Crippen LogP) is 6.38. The topological polar surface area (TPSA) is 143 Å². The fourth-order valence-corrected chi connectivity index (χ4v) is 8.19. The van der Waals surface area contributed by atoms with Crippen molar-refractivity contribution in [1.29, 1.82) is 0 Å². The summed E-state index contributed by atoms with van der Waals surface area (Å²) in [4.78, 5) is 48.2. The largest absolute Gasteiger partial charge is 0.356 e. The Kier molecular flexibility index (Phi) is 11.0. The molecule has 2 amide bonds. The lowest BCUT2D eigenvalue weighted by Gasteiger charge is -2.31. The molecule has 2 fully saturated rings. The van der Waals surface area contributed by atoms with Crippen LogP contribution in [0.1, 0.15) is 54.6 Å². The number of hydrogen-bond acceptors (Lipinski definition) is 8. The zero-order valence-electron chi connectivity index (χ0n) is 32.2. The molecular formula is C44H47FN8O4. The summed E-state index contributed by atoms with van der Waals surface area (Å²) in [5.41, 5.74) is 6.63. The molecule has 0 saturated carbocycles. The highest BCUT2D eigenvalue weighted by molar-refractivity contribution is 5.90. The third kappa shape index (κ3) is 7.96. The standard InChI is InChI=1S/C44H47FN8O4/c1-51(2)40(29-8-5-4-6-9-29)43(55)53-26-34(45)22-38(53)42-47-23-35(49-42)28-13-11-27(12-14-28)30-15-16-32-21-33(18-17-31(32)20-30)36-24-46-41(50-36)37-10-7-19-52(37)39(54)25-48-44(56)57-3/h4-6,8-9,11-18,20-21,23-24,34,37-38,40,44,48,56H,7,10,19,22,25-26H2,1-3H3,(H,46,50)(H,47,49)/t34-,37+,38+,40-,44?/m1/s1. The van der Waals surface area contributed by atoms with Crippen LogP contribution in [0.3, 0.4) is 0 Å². The maximum Gasteiger partial charge on any atom is 0.245 e. The van der Waals surface area contributed by atoms with Crippen LogP contribution in [0.5, 0.6) is 0 Å². The molecule has 2 aliphatic rings. The normalized spacial score (nSPS) is 19.4. The number of ether oxygens (including phenoxy) is 1. The van der Waals surface area contributed by atoms with Gasteiger partial charge in [0.15, 0.2) is 0 Å². The Bertz CT molecular complexity index is 2350. The SMILES string of the molecule is COC(O)NCC(=O)N1CCC[C@H]1c1ncc(-c2ccc3cc(-c4ccc(-c5cnc([C@@H]6C[C@@H](F)CN6C(=O)[C@@H](c6ccccc6)N(C)C)[nH]5)cc4)ccc3c2)[nH]1.